The minimum absolute atomic E-state index is 0.0988. The zero-order valence-corrected chi connectivity index (χ0v) is 20.9. The molecule has 0 saturated heterocycles. The summed E-state index contributed by atoms with van der Waals surface area (Å²) >= 11 is 0. The fraction of sp³-hybridized carbons (Fsp3) is 0.370. The number of carbonyl (C=O) groups excluding carboxylic acids is 2. The van der Waals surface area contributed by atoms with Gasteiger partial charge in [0.15, 0.2) is 0 Å². The highest BCUT2D eigenvalue weighted by Crippen LogP contribution is 2.19. The summed E-state index contributed by atoms with van der Waals surface area (Å²) in [4.78, 5) is 52.5. The van der Waals surface area contributed by atoms with Crippen LogP contribution in [0.4, 0.5) is 0 Å². The molecule has 0 unspecified atom stereocenters. The third-order valence-corrected chi connectivity index (χ3v) is 6.66. The van der Waals surface area contributed by atoms with Crippen LogP contribution in [0.2, 0.25) is 0 Å². The van der Waals surface area contributed by atoms with Crippen molar-refractivity contribution in [1.82, 2.24) is 29.4 Å². The lowest BCUT2D eigenvalue weighted by atomic mass is 10.1. The molecule has 2 aromatic carbocycles. The first kappa shape index (κ1) is 24.5. The molecular weight excluding hydrogens is 472 g/mol. The van der Waals surface area contributed by atoms with E-state index in [1.165, 1.54) is 8.97 Å². The predicted octanol–water partition coefficient (Wildman–Crippen LogP) is 2.06. The Balaban J connectivity index is 1.66. The fourth-order valence-corrected chi connectivity index (χ4v) is 4.91. The Kier molecular flexibility index (Phi) is 6.64. The highest BCUT2D eigenvalue weighted by molar-refractivity contribution is 5.98. The molecule has 1 fully saturated rings. The number of fused-ring (bicyclic) bond motifs is 3. The van der Waals surface area contributed by atoms with Crippen LogP contribution in [0.5, 0.6) is 0 Å². The molecule has 5 rings (SSSR count). The zero-order chi connectivity index (χ0) is 26.1. The summed E-state index contributed by atoms with van der Waals surface area (Å²) in [6, 6.07) is 14.2. The van der Waals surface area contributed by atoms with Crippen molar-refractivity contribution in [2.45, 2.75) is 64.7 Å². The van der Waals surface area contributed by atoms with E-state index in [1.54, 1.807) is 18.2 Å². The van der Waals surface area contributed by atoms with Gasteiger partial charge in [-0.15, -0.1) is 5.10 Å². The minimum Gasteiger partial charge on any atom is -0.352 e. The van der Waals surface area contributed by atoms with Gasteiger partial charge in [-0.1, -0.05) is 43.2 Å². The van der Waals surface area contributed by atoms with Crippen LogP contribution in [0.3, 0.4) is 0 Å². The van der Waals surface area contributed by atoms with E-state index in [4.69, 9.17) is 0 Å². The van der Waals surface area contributed by atoms with E-state index in [9.17, 15) is 19.2 Å². The monoisotopic (exact) mass is 502 g/mol. The first-order chi connectivity index (χ1) is 17.8. The van der Waals surface area contributed by atoms with Crippen LogP contribution in [-0.4, -0.2) is 42.6 Å². The zero-order valence-electron chi connectivity index (χ0n) is 20.9. The minimum atomic E-state index is -0.561. The fourth-order valence-electron chi connectivity index (χ4n) is 4.91. The molecule has 10 nitrogen and oxygen atoms in total. The Hall–Kier alpha value is -4.21. The molecule has 2 amide bonds. The third-order valence-electron chi connectivity index (χ3n) is 6.66. The number of hydrogen-bond acceptors (Lipinski definition) is 5. The average Bonchev–Trinajstić information content (AvgIpc) is 3.49. The van der Waals surface area contributed by atoms with Crippen LogP contribution in [0, 0.1) is 0 Å². The standard InChI is InChI=1S/C27H30N6O4/c1-17(2)28-23(34)16-32-27(37)33-22-14-19(24(35)29-20-10-6-7-11-20)12-13-21(22)25(36)31(26(33)30-32)15-18-8-4-3-5-9-18/h3-5,8-9,12-14,17,20H,6-7,10-11,15-16H2,1-2H3,(H,28,34)(H,29,35). The number of nitrogens with one attached hydrogen (secondary N) is 2. The molecule has 4 aromatic rings. The van der Waals surface area contributed by atoms with Crippen molar-refractivity contribution >= 4 is 28.5 Å². The maximum atomic E-state index is 13.6. The van der Waals surface area contributed by atoms with Crippen molar-refractivity contribution in [3.63, 3.8) is 0 Å². The van der Waals surface area contributed by atoms with Crippen molar-refractivity contribution in [3.05, 3.63) is 80.5 Å². The van der Waals surface area contributed by atoms with Gasteiger partial charge in [0.05, 0.1) is 17.4 Å². The molecule has 1 aliphatic carbocycles. The van der Waals surface area contributed by atoms with Crippen LogP contribution in [-0.2, 0) is 17.9 Å². The SMILES string of the molecule is CC(C)NC(=O)Cn1nc2n(Cc3ccccc3)c(=O)c3ccc(C(=O)NC4CCCC4)cc3n2c1=O. The third kappa shape index (κ3) is 4.91. The summed E-state index contributed by atoms with van der Waals surface area (Å²) in [6.07, 6.45) is 4.06. The van der Waals surface area contributed by atoms with Gasteiger partial charge < -0.3 is 10.6 Å². The lowest BCUT2D eigenvalue weighted by Gasteiger charge is -2.13. The summed E-state index contributed by atoms with van der Waals surface area (Å²) in [6.45, 7) is 3.56. The Labute approximate surface area is 212 Å². The summed E-state index contributed by atoms with van der Waals surface area (Å²) in [7, 11) is 0. The number of amides is 2. The second-order valence-electron chi connectivity index (χ2n) is 9.86. The predicted molar refractivity (Wildman–Crippen MR) is 140 cm³/mol. The molecule has 2 heterocycles. The molecule has 2 aromatic heterocycles. The number of benzene rings is 2. The number of aromatic nitrogens is 4. The first-order valence-corrected chi connectivity index (χ1v) is 12.6. The molecule has 37 heavy (non-hydrogen) atoms. The molecule has 10 heteroatoms. The Bertz CT molecular complexity index is 1590. The van der Waals surface area contributed by atoms with E-state index >= 15 is 0 Å². The molecule has 0 radical (unpaired) electrons. The normalized spacial score (nSPS) is 14.0. The maximum Gasteiger partial charge on any atom is 0.352 e. The molecular formula is C27H30N6O4. The van der Waals surface area contributed by atoms with Crippen molar-refractivity contribution < 1.29 is 9.59 Å². The number of hydrogen-bond donors (Lipinski definition) is 2. The molecule has 1 saturated carbocycles. The molecule has 0 atom stereocenters. The van der Waals surface area contributed by atoms with Gasteiger partial charge in [-0.25, -0.2) is 13.9 Å². The Morgan fingerprint density at radius 2 is 1.78 bits per heavy atom. The number of carbonyl (C=O) groups is 2. The first-order valence-electron chi connectivity index (χ1n) is 12.6. The van der Waals surface area contributed by atoms with Crippen molar-refractivity contribution in [2.75, 3.05) is 0 Å². The molecule has 0 spiro atoms. The molecule has 1 aliphatic rings. The van der Waals surface area contributed by atoms with E-state index in [-0.39, 0.29) is 59.2 Å². The number of nitrogens with zero attached hydrogens (tertiary/aromatic N) is 4. The van der Waals surface area contributed by atoms with Crippen LogP contribution in [0.15, 0.2) is 58.1 Å². The summed E-state index contributed by atoms with van der Waals surface area (Å²) in [5.74, 6) is -0.498. The van der Waals surface area contributed by atoms with Gasteiger partial charge in [0, 0.05) is 17.6 Å². The van der Waals surface area contributed by atoms with E-state index in [1.807, 2.05) is 44.2 Å². The molecule has 0 aliphatic heterocycles. The second-order valence-corrected chi connectivity index (χ2v) is 9.86. The lowest BCUT2D eigenvalue weighted by molar-refractivity contribution is -0.122. The van der Waals surface area contributed by atoms with Crippen LogP contribution in [0.25, 0.3) is 16.7 Å². The number of rotatable bonds is 7. The largest absolute Gasteiger partial charge is 0.352 e. The Morgan fingerprint density at radius 3 is 2.49 bits per heavy atom. The van der Waals surface area contributed by atoms with Gasteiger partial charge in [-0.3, -0.25) is 19.0 Å². The van der Waals surface area contributed by atoms with Gasteiger partial charge >= 0.3 is 5.69 Å². The second kappa shape index (κ2) is 10.0. The average molecular weight is 503 g/mol. The van der Waals surface area contributed by atoms with E-state index in [2.05, 4.69) is 15.7 Å². The molecule has 192 valence electrons. The van der Waals surface area contributed by atoms with Crippen LogP contribution < -0.4 is 21.9 Å². The topological polar surface area (TPSA) is 120 Å². The smallest absolute Gasteiger partial charge is 0.352 e. The summed E-state index contributed by atoms with van der Waals surface area (Å²) < 4.78 is 3.79. The van der Waals surface area contributed by atoms with Crippen molar-refractivity contribution in [1.29, 1.82) is 0 Å². The van der Waals surface area contributed by atoms with Crippen LogP contribution in [0.1, 0.15) is 55.5 Å². The van der Waals surface area contributed by atoms with E-state index in [0.717, 1.165) is 35.9 Å². The van der Waals surface area contributed by atoms with Crippen molar-refractivity contribution in [3.8, 4) is 0 Å². The van der Waals surface area contributed by atoms with Crippen LogP contribution >= 0.6 is 0 Å². The molecule has 0 bridgehead atoms. The van der Waals surface area contributed by atoms with Gasteiger partial charge in [0.1, 0.15) is 6.54 Å². The van der Waals surface area contributed by atoms with E-state index < -0.39 is 5.69 Å². The van der Waals surface area contributed by atoms with Gasteiger partial charge in [-0.2, -0.15) is 0 Å². The lowest BCUT2D eigenvalue weighted by Crippen LogP contribution is -2.36. The maximum absolute atomic E-state index is 13.6. The van der Waals surface area contributed by atoms with E-state index in [0.29, 0.717) is 5.56 Å². The van der Waals surface area contributed by atoms with Gasteiger partial charge in [0.2, 0.25) is 11.7 Å². The van der Waals surface area contributed by atoms with Gasteiger partial charge in [0.25, 0.3) is 11.5 Å². The quantitative estimate of drug-likeness (QED) is 0.401. The summed E-state index contributed by atoms with van der Waals surface area (Å²) in [5.41, 5.74) is 0.604. The summed E-state index contributed by atoms with van der Waals surface area (Å²) in [5, 5.41) is 10.5. The Morgan fingerprint density at radius 1 is 1.05 bits per heavy atom. The van der Waals surface area contributed by atoms with Gasteiger partial charge in [-0.05, 0) is 50.5 Å². The highest BCUT2D eigenvalue weighted by Gasteiger charge is 2.22. The highest BCUT2D eigenvalue weighted by atomic mass is 16.2. The van der Waals surface area contributed by atoms with Crippen molar-refractivity contribution in [2.24, 2.45) is 0 Å². The molecule has 2 N–H and O–H groups in total.